The van der Waals surface area contributed by atoms with E-state index in [9.17, 15) is 0 Å². The van der Waals surface area contributed by atoms with E-state index in [0.29, 0.717) is 5.95 Å². The molecule has 0 saturated carbocycles. The van der Waals surface area contributed by atoms with Crippen molar-refractivity contribution in [3.8, 4) is 11.3 Å². The van der Waals surface area contributed by atoms with Gasteiger partial charge in [0.2, 0.25) is 5.95 Å². The van der Waals surface area contributed by atoms with E-state index >= 15 is 0 Å². The van der Waals surface area contributed by atoms with Crippen molar-refractivity contribution in [2.24, 2.45) is 7.05 Å². The number of anilines is 1. The number of rotatable bonds is 1. The second-order valence-corrected chi connectivity index (χ2v) is 3.79. The van der Waals surface area contributed by atoms with Crippen LogP contribution in [0, 0.1) is 0 Å². The van der Waals surface area contributed by atoms with Gasteiger partial charge >= 0.3 is 0 Å². The van der Waals surface area contributed by atoms with E-state index in [1.54, 1.807) is 0 Å². The number of halogens is 1. The number of nitrogens with zero attached hydrogens (tertiary/aromatic N) is 2. The standard InChI is InChI=1S/C10H10BrN3/c1-14-8(9(11)13-10(14)12)7-5-3-2-4-6-7/h2-6H,1H3,(H2,12,13). The summed E-state index contributed by atoms with van der Waals surface area (Å²) >= 11 is 3.39. The van der Waals surface area contributed by atoms with Crippen molar-refractivity contribution in [2.75, 3.05) is 5.73 Å². The number of hydrogen-bond acceptors (Lipinski definition) is 2. The van der Waals surface area contributed by atoms with Gasteiger partial charge in [-0.25, -0.2) is 4.98 Å². The molecule has 0 fully saturated rings. The highest BCUT2D eigenvalue weighted by Gasteiger charge is 2.11. The summed E-state index contributed by atoms with van der Waals surface area (Å²) in [6.07, 6.45) is 0. The predicted molar refractivity (Wildman–Crippen MR) is 60.8 cm³/mol. The van der Waals surface area contributed by atoms with E-state index in [1.165, 1.54) is 0 Å². The Labute approximate surface area is 90.7 Å². The maximum absolute atomic E-state index is 5.70. The first-order chi connectivity index (χ1) is 6.70. The highest BCUT2D eigenvalue weighted by atomic mass is 79.9. The molecule has 72 valence electrons. The number of imidazole rings is 1. The van der Waals surface area contributed by atoms with Gasteiger partial charge in [-0.2, -0.15) is 0 Å². The predicted octanol–water partition coefficient (Wildman–Crippen LogP) is 2.43. The molecule has 0 amide bonds. The molecule has 1 aromatic heterocycles. The van der Waals surface area contributed by atoms with Crippen LogP contribution in [0.3, 0.4) is 0 Å². The highest BCUT2D eigenvalue weighted by molar-refractivity contribution is 9.10. The van der Waals surface area contributed by atoms with Gasteiger partial charge < -0.3 is 10.3 Å². The minimum absolute atomic E-state index is 0.510. The second-order valence-electron chi connectivity index (χ2n) is 3.03. The quantitative estimate of drug-likeness (QED) is 0.847. The van der Waals surface area contributed by atoms with Crippen molar-refractivity contribution >= 4 is 21.9 Å². The Morgan fingerprint density at radius 3 is 2.43 bits per heavy atom. The van der Waals surface area contributed by atoms with Gasteiger partial charge in [0.05, 0.1) is 5.69 Å². The minimum Gasteiger partial charge on any atom is -0.369 e. The van der Waals surface area contributed by atoms with E-state index in [2.05, 4.69) is 20.9 Å². The molecular weight excluding hydrogens is 242 g/mol. The molecule has 0 bridgehead atoms. The Kier molecular flexibility index (Phi) is 2.29. The number of nitrogens with two attached hydrogens (primary N) is 1. The smallest absolute Gasteiger partial charge is 0.201 e. The summed E-state index contributed by atoms with van der Waals surface area (Å²) in [6, 6.07) is 10.0. The topological polar surface area (TPSA) is 43.8 Å². The Morgan fingerprint density at radius 1 is 1.29 bits per heavy atom. The lowest BCUT2D eigenvalue weighted by Crippen LogP contribution is -1.98. The maximum atomic E-state index is 5.70. The normalized spacial score (nSPS) is 10.4. The molecular formula is C10H10BrN3. The van der Waals surface area contributed by atoms with Crippen molar-refractivity contribution in [1.29, 1.82) is 0 Å². The molecule has 2 N–H and O–H groups in total. The molecule has 4 heteroatoms. The van der Waals surface area contributed by atoms with Crippen LogP contribution in [0.25, 0.3) is 11.3 Å². The molecule has 3 nitrogen and oxygen atoms in total. The van der Waals surface area contributed by atoms with Gasteiger partial charge in [0.15, 0.2) is 0 Å². The van der Waals surface area contributed by atoms with Gasteiger partial charge in [-0.3, -0.25) is 0 Å². The molecule has 2 aromatic rings. The third-order valence-corrected chi connectivity index (χ3v) is 2.69. The highest BCUT2D eigenvalue weighted by Crippen LogP contribution is 2.28. The van der Waals surface area contributed by atoms with Crippen LogP contribution in [0.5, 0.6) is 0 Å². The van der Waals surface area contributed by atoms with Gasteiger partial charge in [-0.05, 0) is 15.9 Å². The fourth-order valence-corrected chi connectivity index (χ4v) is 2.07. The van der Waals surface area contributed by atoms with Crippen LogP contribution in [0.2, 0.25) is 0 Å². The van der Waals surface area contributed by atoms with E-state index in [-0.39, 0.29) is 0 Å². The number of benzene rings is 1. The van der Waals surface area contributed by atoms with Gasteiger partial charge in [0.25, 0.3) is 0 Å². The van der Waals surface area contributed by atoms with Crippen LogP contribution in [-0.2, 0) is 7.05 Å². The number of aromatic nitrogens is 2. The molecule has 1 aromatic carbocycles. The molecule has 0 radical (unpaired) electrons. The van der Waals surface area contributed by atoms with Crippen LogP contribution < -0.4 is 5.73 Å². The van der Waals surface area contributed by atoms with Gasteiger partial charge in [0, 0.05) is 12.6 Å². The average molecular weight is 252 g/mol. The third kappa shape index (κ3) is 1.42. The van der Waals surface area contributed by atoms with Gasteiger partial charge in [-0.1, -0.05) is 30.3 Å². The molecule has 0 aliphatic rings. The largest absolute Gasteiger partial charge is 0.369 e. The minimum atomic E-state index is 0.510. The van der Waals surface area contributed by atoms with Crippen LogP contribution in [0.15, 0.2) is 34.9 Å². The lowest BCUT2D eigenvalue weighted by molar-refractivity contribution is 0.938. The summed E-state index contributed by atoms with van der Waals surface area (Å²) in [4.78, 5) is 4.14. The maximum Gasteiger partial charge on any atom is 0.201 e. The summed E-state index contributed by atoms with van der Waals surface area (Å²) in [5.74, 6) is 0.510. The Bertz CT molecular complexity index is 448. The van der Waals surface area contributed by atoms with Crippen LogP contribution in [0.4, 0.5) is 5.95 Å². The average Bonchev–Trinajstić information content (AvgIpc) is 2.43. The molecule has 0 spiro atoms. The third-order valence-electron chi connectivity index (χ3n) is 2.13. The molecule has 2 rings (SSSR count). The summed E-state index contributed by atoms with van der Waals surface area (Å²) in [5, 5.41) is 0. The molecule has 0 atom stereocenters. The van der Waals surface area contributed by atoms with Gasteiger partial charge in [-0.15, -0.1) is 0 Å². The first kappa shape index (κ1) is 9.27. The fraction of sp³-hybridized carbons (Fsp3) is 0.100. The van der Waals surface area contributed by atoms with E-state index in [0.717, 1.165) is 15.9 Å². The Hall–Kier alpha value is -1.29. The number of hydrogen-bond donors (Lipinski definition) is 1. The second kappa shape index (κ2) is 3.46. The summed E-state index contributed by atoms with van der Waals surface area (Å²) in [5.41, 5.74) is 7.81. The van der Waals surface area contributed by atoms with E-state index in [4.69, 9.17) is 5.73 Å². The van der Waals surface area contributed by atoms with Gasteiger partial charge in [0.1, 0.15) is 4.60 Å². The Morgan fingerprint density at radius 2 is 1.93 bits per heavy atom. The Balaban J connectivity index is 2.62. The van der Waals surface area contributed by atoms with Crippen LogP contribution in [0.1, 0.15) is 0 Å². The molecule has 0 unspecified atom stereocenters. The zero-order valence-electron chi connectivity index (χ0n) is 7.74. The van der Waals surface area contributed by atoms with Crippen molar-refractivity contribution in [1.82, 2.24) is 9.55 Å². The van der Waals surface area contributed by atoms with Crippen molar-refractivity contribution in [2.45, 2.75) is 0 Å². The van der Waals surface area contributed by atoms with Crippen molar-refractivity contribution < 1.29 is 0 Å². The van der Waals surface area contributed by atoms with E-state index < -0.39 is 0 Å². The van der Waals surface area contributed by atoms with Crippen LogP contribution in [-0.4, -0.2) is 9.55 Å². The molecule has 0 aliphatic carbocycles. The van der Waals surface area contributed by atoms with E-state index in [1.807, 2.05) is 41.9 Å². The molecule has 0 aliphatic heterocycles. The first-order valence-corrected chi connectivity index (χ1v) is 5.02. The van der Waals surface area contributed by atoms with Crippen LogP contribution >= 0.6 is 15.9 Å². The summed E-state index contributed by atoms with van der Waals surface area (Å²) in [6.45, 7) is 0. The zero-order valence-corrected chi connectivity index (χ0v) is 9.32. The summed E-state index contributed by atoms with van der Waals surface area (Å²) < 4.78 is 2.64. The van der Waals surface area contributed by atoms with Crippen molar-refractivity contribution in [3.63, 3.8) is 0 Å². The lowest BCUT2D eigenvalue weighted by Gasteiger charge is -2.03. The monoisotopic (exact) mass is 251 g/mol. The molecule has 0 saturated heterocycles. The SMILES string of the molecule is Cn1c(N)nc(Br)c1-c1ccccc1. The zero-order chi connectivity index (χ0) is 10.1. The molecule has 1 heterocycles. The fourth-order valence-electron chi connectivity index (χ4n) is 1.39. The molecule has 14 heavy (non-hydrogen) atoms. The lowest BCUT2D eigenvalue weighted by atomic mass is 10.2. The summed E-state index contributed by atoms with van der Waals surface area (Å²) in [7, 11) is 1.90. The number of nitrogen functional groups attached to an aromatic ring is 1. The van der Waals surface area contributed by atoms with Crippen molar-refractivity contribution in [3.05, 3.63) is 34.9 Å². The first-order valence-electron chi connectivity index (χ1n) is 4.23.